The number of ether oxygens (including phenoxy) is 1. The third-order valence-corrected chi connectivity index (χ3v) is 3.12. The van der Waals surface area contributed by atoms with Crippen LogP contribution in [-0.2, 0) is 9.53 Å². The first-order valence-corrected chi connectivity index (χ1v) is 7.30. The quantitative estimate of drug-likeness (QED) is 0.588. The fraction of sp³-hybridized carbons (Fsp3) is 0.500. The molecule has 1 amide bonds. The Kier molecular flexibility index (Phi) is 6.64. The first kappa shape index (κ1) is 16.6. The van der Waals surface area contributed by atoms with Gasteiger partial charge in [0.05, 0.1) is 12.2 Å². The second-order valence-electron chi connectivity index (χ2n) is 4.73. The van der Waals surface area contributed by atoms with Crippen LogP contribution in [0.2, 0.25) is 0 Å². The highest BCUT2D eigenvalue weighted by Crippen LogP contribution is 2.16. The number of halogens is 1. The number of amides is 1. The van der Waals surface area contributed by atoms with E-state index in [1.807, 2.05) is 13.8 Å². The van der Waals surface area contributed by atoms with Gasteiger partial charge in [-0.25, -0.2) is 4.98 Å². The fourth-order valence-corrected chi connectivity index (χ4v) is 2.16. The van der Waals surface area contributed by atoms with Gasteiger partial charge in [0.1, 0.15) is 11.1 Å². The van der Waals surface area contributed by atoms with Gasteiger partial charge in [0.15, 0.2) is 0 Å². The van der Waals surface area contributed by atoms with E-state index in [-0.39, 0.29) is 18.4 Å². The van der Waals surface area contributed by atoms with Crippen LogP contribution >= 0.6 is 15.9 Å². The van der Waals surface area contributed by atoms with Gasteiger partial charge in [0, 0.05) is 12.7 Å². The molecule has 1 aromatic rings. The molecule has 0 saturated heterocycles. The SMILES string of the molecule is CCOC(=O)CN(CC(C)C)C(=O)c1cccnc1Br. The van der Waals surface area contributed by atoms with Crippen LogP contribution in [0, 0.1) is 5.92 Å². The molecule has 0 radical (unpaired) electrons. The first-order chi connectivity index (χ1) is 9.45. The Labute approximate surface area is 127 Å². The van der Waals surface area contributed by atoms with Gasteiger partial charge in [0.25, 0.3) is 5.91 Å². The van der Waals surface area contributed by atoms with Crippen LogP contribution in [0.4, 0.5) is 0 Å². The highest BCUT2D eigenvalue weighted by atomic mass is 79.9. The number of rotatable bonds is 6. The van der Waals surface area contributed by atoms with Crippen molar-refractivity contribution < 1.29 is 14.3 Å². The van der Waals surface area contributed by atoms with Crippen LogP contribution in [-0.4, -0.2) is 41.5 Å². The lowest BCUT2D eigenvalue weighted by Gasteiger charge is -2.23. The molecule has 0 bridgehead atoms. The summed E-state index contributed by atoms with van der Waals surface area (Å²) in [7, 11) is 0. The van der Waals surface area contributed by atoms with Crippen LogP contribution in [0.15, 0.2) is 22.9 Å². The van der Waals surface area contributed by atoms with Gasteiger partial charge < -0.3 is 9.64 Å². The summed E-state index contributed by atoms with van der Waals surface area (Å²) < 4.78 is 5.38. The molecule has 0 fully saturated rings. The van der Waals surface area contributed by atoms with Crippen LogP contribution in [0.5, 0.6) is 0 Å². The molecule has 0 N–H and O–H groups in total. The zero-order chi connectivity index (χ0) is 15.1. The summed E-state index contributed by atoms with van der Waals surface area (Å²) in [5.41, 5.74) is 0.442. The Morgan fingerprint density at radius 2 is 2.15 bits per heavy atom. The molecule has 0 aliphatic heterocycles. The van der Waals surface area contributed by atoms with Crippen LogP contribution in [0.1, 0.15) is 31.1 Å². The molecule has 0 aliphatic rings. The van der Waals surface area contributed by atoms with E-state index < -0.39 is 5.97 Å². The molecule has 1 aromatic heterocycles. The van der Waals surface area contributed by atoms with Crippen molar-refractivity contribution in [1.29, 1.82) is 0 Å². The maximum atomic E-state index is 12.5. The average molecular weight is 343 g/mol. The van der Waals surface area contributed by atoms with Crippen molar-refractivity contribution >= 4 is 27.8 Å². The van der Waals surface area contributed by atoms with Crippen LogP contribution in [0.25, 0.3) is 0 Å². The van der Waals surface area contributed by atoms with Crippen LogP contribution < -0.4 is 0 Å². The predicted octanol–water partition coefficient (Wildman–Crippen LogP) is 2.51. The highest BCUT2D eigenvalue weighted by molar-refractivity contribution is 9.10. The number of hydrogen-bond acceptors (Lipinski definition) is 4. The van der Waals surface area contributed by atoms with E-state index >= 15 is 0 Å². The zero-order valence-corrected chi connectivity index (χ0v) is 13.5. The number of esters is 1. The Bertz CT molecular complexity index is 477. The van der Waals surface area contributed by atoms with E-state index in [4.69, 9.17) is 4.74 Å². The maximum absolute atomic E-state index is 12.5. The molecule has 5 nitrogen and oxygen atoms in total. The van der Waals surface area contributed by atoms with E-state index in [9.17, 15) is 9.59 Å². The molecule has 0 saturated carbocycles. The van der Waals surface area contributed by atoms with Crippen molar-refractivity contribution in [3.05, 3.63) is 28.5 Å². The molecule has 1 rings (SSSR count). The molecule has 0 atom stereocenters. The summed E-state index contributed by atoms with van der Waals surface area (Å²) in [6.07, 6.45) is 1.60. The van der Waals surface area contributed by atoms with Crippen molar-refractivity contribution in [3.8, 4) is 0 Å². The highest BCUT2D eigenvalue weighted by Gasteiger charge is 2.22. The van der Waals surface area contributed by atoms with Gasteiger partial charge in [-0.1, -0.05) is 13.8 Å². The average Bonchev–Trinajstić information content (AvgIpc) is 2.37. The monoisotopic (exact) mass is 342 g/mol. The van der Waals surface area contributed by atoms with Gasteiger partial charge in [0.2, 0.25) is 0 Å². The second-order valence-corrected chi connectivity index (χ2v) is 5.48. The molecule has 110 valence electrons. The summed E-state index contributed by atoms with van der Waals surface area (Å²) in [5, 5.41) is 0. The van der Waals surface area contributed by atoms with Gasteiger partial charge in [-0.15, -0.1) is 0 Å². The molecular weight excluding hydrogens is 324 g/mol. The van der Waals surface area contributed by atoms with E-state index in [1.54, 1.807) is 25.3 Å². The normalized spacial score (nSPS) is 10.4. The molecule has 0 aliphatic carbocycles. The Morgan fingerprint density at radius 1 is 1.45 bits per heavy atom. The van der Waals surface area contributed by atoms with Gasteiger partial charge in [-0.2, -0.15) is 0 Å². The smallest absolute Gasteiger partial charge is 0.325 e. The van der Waals surface area contributed by atoms with Crippen LogP contribution in [0.3, 0.4) is 0 Å². The van der Waals surface area contributed by atoms with Crippen molar-refractivity contribution in [2.45, 2.75) is 20.8 Å². The summed E-state index contributed by atoms with van der Waals surface area (Å²) in [5.74, 6) is -0.378. The minimum atomic E-state index is -0.401. The predicted molar refractivity (Wildman–Crippen MR) is 79.3 cm³/mol. The number of nitrogens with zero attached hydrogens (tertiary/aromatic N) is 2. The molecule has 1 heterocycles. The molecule has 6 heteroatoms. The molecule has 0 aromatic carbocycles. The summed E-state index contributed by atoms with van der Waals surface area (Å²) in [6.45, 7) is 6.46. The Hall–Kier alpha value is -1.43. The lowest BCUT2D eigenvalue weighted by Crippen LogP contribution is -2.39. The molecule has 0 unspecified atom stereocenters. The molecule has 0 spiro atoms. The number of hydrogen-bond donors (Lipinski definition) is 0. The van der Waals surface area contributed by atoms with E-state index in [0.717, 1.165) is 0 Å². The minimum absolute atomic E-state index is 0.0494. The largest absolute Gasteiger partial charge is 0.465 e. The number of carbonyl (C=O) groups is 2. The van der Waals surface area contributed by atoms with Crippen molar-refractivity contribution in [2.75, 3.05) is 19.7 Å². The second kappa shape index (κ2) is 7.99. The summed E-state index contributed by atoms with van der Waals surface area (Å²) >= 11 is 3.25. The standard InChI is InChI=1S/C14H19BrN2O3/c1-4-20-12(18)9-17(8-10(2)3)14(19)11-6-5-7-16-13(11)15/h5-7,10H,4,8-9H2,1-3H3. The lowest BCUT2D eigenvalue weighted by atomic mass is 10.1. The minimum Gasteiger partial charge on any atom is -0.465 e. The number of aromatic nitrogens is 1. The van der Waals surface area contributed by atoms with Gasteiger partial charge in [-0.05, 0) is 40.9 Å². The number of carbonyl (C=O) groups excluding carboxylic acids is 2. The number of pyridine rings is 1. The molecule has 20 heavy (non-hydrogen) atoms. The van der Waals surface area contributed by atoms with E-state index in [0.29, 0.717) is 23.3 Å². The summed E-state index contributed by atoms with van der Waals surface area (Å²) in [6, 6.07) is 3.37. The van der Waals surface area contributed by atoms with E-state index in [2.05, 4.69) is 20.9 Å². The zero-order valence-electron chi connectivity index (χ0n) is 11.9. The first-order valence-electron chi connectivity index (χ1n) is 6.51. The van der Waals surface area contributed by atoms with Crippen molar-refractivity contribution in [1.82, 2.24) is 9.88 Å². The fourth-order valence-electron chi connectivity index (χ4n) is 1.74. The third kappa shape index (κ3) is 4.92. The third-order valence-electron chi connectivity index (χ3n) is 2.49. The maximum Gasteiger partial charge on any atom is 0.325 e. The topological polar surface area (TPSA) is 59.5 Å². The van der Waals surface area contributed by atoms with Crippen molar-refractivity contribution in [2.24, 2.45) is 5.92 Å². The lowest BCUT2D eigenvalue weighted by molar-refractivity contribution is -0.143. The van der Waals surface area contributed by atoms with Gasteiger partial charge >= 0.3 is 5.97 Å². The summed E-state index contributed by atoms with van der Waals surface area (Å²) in [4.78, 5) is 29.6. The molecular formula is C14H19BrN2O3. The Morgan fingerprint density at radius 3 is 2.70 bits per heavy atom. The van der Waals surface area contributed by atoms with Crippen molar-refractivity contribution in [3.63, 3.8) is 0 Å². The Balaban J connectivity index is 2.90. The van der Waals surface area contributed by atoms with E-state index in [1.165, 1.54) is 4.90 Å². The van der Waals surface area contributed by atoms with Gasteiger partial charge in [-0.3, -0.25) is 9.59 Å².